The summed E-state index contributed by atoms with van der Waals surface area (Å²) in [7, 11) is 0. The lowest BCUT2D eigenvalue weighted by molar-refractivity contribution is 1.02. The van der Waals surface area contributed by atoms with Gasteiger partial charge in [-0.1, -0.05) is 30.3 Å². The van der Waals surface area contributed by atoms with Gasteiger partial charge in [0, 0.05) is 12.2 Å². The van der Waals surface area contributed by atoms with Crippen molar-refractivity contribution in [1.82, 2.24) is 9.97 Å². The number of hydrogen-bond donors (Lipinski definition) is 2. The van der Waals surface area contributed by atoms with Crippen molar-refractivity contribution in [3.63, 3.8) is 0 Å². The van der Waals surface area contributed by atoms with Crippen molar-refractivity contribution in [3.8, 4) is 0 Å². The molecule has 0 amide bonds. The second kappa shape index (κ2) is 4.92. The van der Waals surface area contributed by atoms with E-state index in [9.17, 15) is 0 Å². The van der Waals surface area contributed by atoms with Gasteiger partial charge in [-0.3, -0.25) is 0 Å². The molecule has 0 aliphatic heterocycles. The second-order valence-electron chi connectivity index (χ2n) is 4.30. The van der Waals surface area contributed by atoms with Crippen molar-refractivity contribution in [2.75, 3.05) is 11.9 Å². The van der Waals surface area contributed by atoms with E-state index < -0.39 is 0 Å². The number of fused-ring (bicyclic) bond motifs is 1. The van der Waals surface area contributed by atoms with E-state index in [2.05, 4.69) is 51.7 Å². The molecule has 0 radical (unpaired) electrons. The van der Waals surface area contributed by atoms with Crippen molar-refractivity contribution >= 4 is 16.7 Å². The molecule has 3 heteroatoms. The Morgan fingerprint density at radius 1 is 1.06 bits per heavy atom. The van der Waals surface area contributed by atoms with Gasteiger partial charge in [-0.15, -0.1) is 0 Å². The minimum absolute atomic E-state index is 0.930. The Kier molecular flexibility index (Phi) is 2.96. The Morgan fingerprint density at radius 2 is 1.94 bits per heavy atom. The maximum absolute atomic E-state index is 4.25. The Labute approximate surface area is 106 Å². The molecule has 2 N–H and O–H groups in total. The van der Waals surface area contributed by atoms with Crippen molar-refractivity contribution in [2.24, 2.45) is 0 Å². The van der Waals surface area contributed by atoms with Gasteiger partial charge in [-0.25, -0.2) is 4.98 Å². The molecule has 0 aliphatic rings. The number of rotatable bonds is 4. The summed E-state index contributed by atoms with van der Waals surface area (Å²) in [6.07, 6.45) is 2.75. The minimum Gasteiger partial charge on any atom is -0.385 e. The molecule has 2 aromatic carbocycles. The summed E-state index contributed by atoms with van der Waals surface area (Å²) >= 11 is 0. The van der Waals surface area contributed by atoms with Gasteiger partial charge in [-0.05, 0) is 30.2 Å². The van der Waals surface area contributed by atoms with Gasteiger partial charge in [0.2, 0.25) is 0 Å². The molecular formula is C15H15N3. The third-order valence-corrected chi connectivity index (χ3v) is 3.01. The Bertz CT molecular complexity index is 628. The quantitative estimate of drug-likeness (QED) is 0.731. The van der Waals surface area contributed by atoms with Crippen LogP contribution in [0, 0.1) is 0 Å². The van der Waals surface area contributed by atoms with E-state index in [4.69, 9.17) is 0 Å². The molecule has 3 rings (SSSR count). The summed E-state index contributed by atoms with van der Waals surface area (Å²) in [5, 5.41) is 3.42. The molecule has 0 unspecified atom stereocenters. The van der Waals surface area contributed by atoms with Gasteiger partial charge >= 0.3 is 0 Å². The number of aromatic nitrogens is 2. The van der Waals surface area contributed by atoms with Crippen LogP contribution in [0.1, 0.15) is 5.56 Å². The fourth-order valence-corrected chi connectivity index (χ4v) is 2.04. The van der Waals surface area contributed by atoms with E-state index in [1.807, 2.05) is 12.1 Å². The summed E-state index contributed by atoms with van der Waals surface area (Å²) < 4.78 is 0. The second-order valence-corrected chi connectivity index (χ2v) is 4.30. The van der Waals surface area contributed by atoms with Crippen LogP contribution >= 0.6 is 0 Å². The van der Waals surface area contributed by atoms with Crippen molar-refractivity contribution < 1.29 is 0 Å². The summed E-state index contributed by atoms with van der Waals surface area (Å²) in [5.41, 5.74) is 4.54. The van der Waals surface area contributed by atoms with E-state index in [1.165, 1.54) is 5.56 Å². The first-order valence-electron chi connectivity index (χ1n) is 6.13. The fraction of sp³-hybridized carbons (Fsp3) is 0.133. The topological polar surface area (TPSA) is 40.7 Å². The molecule has 0 aliphatic carbocycles. The van der Waals surface area contributed by atoms with Crippen molar-refractivity contribution in [1.29, 1.82) is 0 Å². The van der Waals surface area contributed by atoms with Crippen LogP contribution in [-0.4, -0.2) is 16.5 Å². The number of hydrogen-bond acceptors (Lipinski definition) is 2. The average Bonchev–Trinajstić information content (AvgIpc) is 2.87. The lowest BCUT2D eigenvalue weighted by atomic mass is 10.1. The molecule has 0 saturated carbocycles. The standard InChI is InChI=1S/C15H15N3/c1-2-4-12(5-3-1)8-9-16-13-6-7-14-15(10-13)18-11-17-14/h1-7,10-11,16H,8-9H2,(H,17,18). The first-order valence-corrected chi connectivity index (χ1v) is 6.13. The van der Waals surface area contributed by atoms with Crippen LogP contribution in [0.15, 0.2) is 54.9 Å². The first kappa shape index (κ1) is 10.8. The molecule has 3 nitrogen and oxygen atoms in total. The van der Waals surface area contributed by atoms with Gasteiger partial charge in [-0.2, -0.15) is 0 Å². The largest absolute Gasteiger partial charge is 0.385 e. The lowest BCUT2D eigenvalue weighted by Crippen LogP contribution is -2.04. The predicted molar refractivity (Wildman–Crippen MR) is 74.7 cm³/mol. The lowest BCUT2D eigenvalue weighted by Gasteiger charge is -2.06. The third-order valence-electron chi connectivity index (χ3n) is 3.01. The van der Waals surface area contributed by atoms with Crippen LogP contribution in [0.3, 0.4) is 0 Å². The number of aromatic amines is 1. The van der Waals surface area contributed by atoms with E-state index in [-0.39, 0.29) is 0 Å². The van der Waals surface area contributed by atoms with Crippen molar-refractivity contribution in [2.45, 2.75) is 6.42 Å². The average molecular weight is 237 g/mol. The third kappa shape index (κ3) is 2.35. The molecule has 1 heterocycles. The highest BCUT2D eigenvalue weighted by Gasteiger charge is 1.98. The van der Waals surface area contributed by atoms with Gasteiger partial charge in [0.25, 0.3) is 0 Å². The van der Waals surface area contributed by atoms with Crippen LogP contribution in [0.5, 0.6) is 0 Å². The zero-order chi connectivity index (χ0) is 12.2. The van der Waals surface area contributed by atoms with Gasteiger partial charge in [0.05, 0.1) is 17.4 Å². The zero-order valence-corrected chi connectivity index (χ0v) is 10.1. The molecule has 3 aromatic rings. The van der Waals surface area contributed by atoms with Crippen LogP contribution in [0.4, 0.5) is 5.69 Å². The summed E-state index contributed by atoms with van der Waals surface area (Å²) in [4.78, 5) is 7.34. The smallest absolute Gasteiger partial charge is 0.0931 e. The summed E-state index contributed by atoms with van der Waals surface area (Å²) in [6, 6.07) is 16.7. The number of nitrogens with zero attached hydrogens (tertiary/aromatic N) is 1. The monoisotopic (exact) mass is 237 g/mol. The molecule has 18 heavy (non-hydrogen) atoms. The molecule has 90 valence electrons. The first-order chi connectivity index (χ1) is 8.92. The molecule has 0 spiro atoms. The molecule has 0 saturated heterocycles. The Hall–Kier alpha value is -2.29. The highest BCUT2D eigenvalue weighted by molar-refractivity contribution is 5.78. The van der Waals surface area contributed by atoms with Crippen molar-refractivity contribution in [3.05, 3.63) is 60.4 Å². The number of benzene rings is 2. The fourth-order valence-electron chi connectivity index (χ4n) is 2.04. The number of anilines is 1. The van der Waals surface area contributed by atoms with Gasteiger partial charge in [0.15, 0.2) is 0 Å². The Balaban J connectivity index is 1.62. The van der Waals surface area contributed by atoms with Gasteiger partial charge in [0.1, 0.15) is 0 Å². The van der Waals surface area contributed by atoms with Crippen LogP contribution in [-0.2, 0) is 6.42 Å². The predicted octanol–water partition coefficient (Wildman–Crippen LogP) is 3.22. The number of nitrogens with one attached hydrogen (secondary N) is 2. The van der Waals surface area contributed by atoms with E-state index in [0.717, 1.165) is 29.7 Å². The molecule has 0 fully saturated rings. The van der Waals surface area contributed by atoms with E-state index in [1.54, 1.807) is 6.33 Å². The highest BCUT2D eigenvalue weighted by Crippen LogP contribution is 2.15. The molecule has 0 atom stereocenters. The maximum atomic E-state index is 4.25. The SMILES string of the molecule is c1ccc(CCNc2ccc3[nH]cnc3c2)cc1. The summed E-state index contributed by atoms with van der Waals surface area (Å²) in [6.45, 7) is 0.930. The Morgan fingerprint density at radius 3 is 2.83 bits per heavy atom. The van der Waals surface area contributed by atoms with E-state index in [0.29, 0.717) is 0 Å². The molecule has 1 aromatic heterocycles. The van der Waals surface area contributed by atoms with Gasteiger partial charge < -0.3 is 10.3 Å². The zero-order valence-electron chi connectivity index (χ0n) is 10.1. The van der Waals surface area contributed by atoms with E-state index >= 15 is 0 Å². The van der Waals surface area contributed by atoms with Crippen LogP contribution in [0.2, 0.25) is 0 Å². The normalized spacial score (nSPS) is 10.7. The highest BCUT2D eigenvalue weighted by atomic mass is 14.9. The number of H-pyrrole nitrogens is 1. The molecular weight excluding hydrogens is 222 g/mol. The van der Waals surface area contributed by atoms with Crippen LogP contribution < -0.4 is 5.32 Å². The number of imidazole rings is 1. The van der Waals surface area contributed by atoms with Crippen LogP contribution in [0.25, 0.3) is 11.0 Å². The maximum Gasteiger partial charge on any atom is 0.0931 e. The summed E-state index contributed by atoms with van der Waals surface area (Å²) in [5.74, 6) is 0. The minimum atomic E-state index is 0.930. The molecule has 0 bridgehead atoms.